The van der Waals surface area contributed by atoms with E-state index in [0.29, 0.717) is 6.61 Å². The van der Waals surface area contributed by atoms with E-state index in [2.05, 4.69) is 4.98 Å². The lowest BCUT2D eigenvalue weighted by atomic mass is 10.3. The molecule has 0 amide bonds. The van der Waals surface area contributed by atoms with Crippen molar-refractivity contribution >= 4 is 0 Å². The molecule has 0 bridgehead atoms. The van der Waals surface area contributed by atoms with E-state index in [1.54, 1.807) is 12.4 Å². The molecule has 3 aromatic rings. The highest BCUT2D eigenvalue weighted by Crippen LogP contribution is 2.23. The van der Waals surface area contributed by atoms with Crippen molar-refractivity contribution in [2.75, 3.05) is 6.61 Å². The Balaban J connectivity index is 1.49. The SMILES string of the molecule is CC(COc1ccc(Oc2ccccc2)cc1)Oc1cccnc1. The number of benzene rings is 2. The summed E-state index contributed by atoms with van der Waals surface area (Å²) in [5.74, 6) is 3.09. The molecule has 24 heavy (non-hydrogen) atoms. The summed E-state index contributed by atoms with van der Waals surface area (Å²) in [7, 11) is 0. The van der Waals surface area contributed by atoms with E-state index < -0.39 is 0 Å². The zero-order chi connectivity index (χ0) is 16.6. The fourth-order valence-electron chi connectivity index (χ4n) is 2.13. The highest BCUT2D eigenvalue weighted by Gasteiger charge is 2.06. The Morgan fingerprint density at radius 3 is 2.17 bits per heavy atom. The molecule has 1 atom stereocenters. The van der Waals surface area contributed by atoms with Crippen molar-refractivity contribution in [3.8, 4) is 23.0 Å². The molecule has 0 saturated heterocycles. The lowest BCUT2D eigenvalue weighted by Crippen LogP contribution is -2.21. The summed E-state index contributed by atoms with van der Waals surface area (Å²) >= 11 is 0. The van der Waals surface area contributed by atoms with Crippen LogP contribution in [0.4, 0.5) is 0 Å². The predicted molar refractivity (Wildman–Crippen MR) is 92.8 cm³/mol. The fraction of sp³-hybridized carbons (Fsp3) is 0.150. The first kappa shape index (κ1) is 15.9. The number of ether oxygens (including phenoxy) is 3. The first-order chi connectivity index (χ1) is 11.8. The minimum atomic E-state index is -0.0746. The second-order valence-electron chi connectivity index (χ2n) is 5.31. The molecule has 0 spiro atoms. The van der Waals surface area contributed by atoms with Crippen molar-refractivity contribution in [1.29, 1.82) is 0 Å². The summed E-state index contributed by atoms with van der Waals surface area (Å²) in [5, 5.41) is 0. The van der Waals surface area contributed by atoms with Crippen LogP contribution in [-0.4, -0.2) is 17.7 Å². The van der Waals surface area contributed by atoms with Gasteiger partial charge in [-0.25, -0.2) is 0 Å². The Morgan fingerprint density at radius 1 is 0.792 bits per heavy atom. The van der Waals surface area contributed by atoms with Gasteiger partial charge in [-0.2, -0.15) is 0 Å². The van der Waals surface area contributed by atoms with Crippen molar-refractivity contribution in [2.24, 2.45) is 0 Å². The van der Waals surface area contributed by atoms with Crippen LogP contribution in [0, 0.1) is 0 Å². The summed E-state index contributed by atoms with van der Waals surface area (Å²) in [5.41, 5.74) is 0. The van der Waals surface area contributed by atoms with Crippen LogP contribution < -0.4 is 14.2 Å². The molecule has 0 radical (unpaired) electrons. The molecule has 0 N–H and O–H groups in total. The Hall–Kier alpha value is -3.01. The van der Waals surface area contributed by atoms with Crippen molar-refractivity contribution in [1.82, 2.24) is 4.98 Å². The first-order valence-corrected chi connectivity index (χ1v) is 7.82. The van der Waals surface area contributed by atoms with Gasteiger partial charge in [0.15, 0.2) is 0 Å². The molecular formula is C20H19NO3. The number of pyridine rings is 1. The monoisotopic (exact) mass is 321 g/mol. The predicted octanol–water partition coefficient (Wildman–Crippen LogP) is 4.72. The van der Waals surface area contributed by atoms with Crippen molar-refractivity contribution in [2.45, 2.75) is 13.0 Å². The average molecular weight is 321 g/mol. The molecule has 1 unspecified atom stereocenters. The molecule has 1 aromatic heterocycles. The third-order valence-corrected chi connectivity index (χ3v) is 3.26. The van der Waals surface area contributed by atoms with Crippen LogP contribution in [-0.2, 0) is 0 Å². The molecule has 0 fully saturated rings. The van der Waals surface area contributed by atoms with Gasteiger partial charge in [0.2, 0.25) is 0 Å². The number of nitrogens with zero attached hydrogens (tertiary/aromatic N) is 1. The van der Waals surface area contributed by atoms with Crippen LogP contribution in [0.2, 0.25) is 0 Å². The van der Waals surface area contributed by atoms with Gasteiger partial charge in [-0.15, -0.1) is 0 Å². The smallest absolute Gasteiger partial charge is 0.138 e. The van der Waals surface area contributed by atoms with Gasteiger partial charge in [-0.3, -0.25) is 4.98 Å². The van der Waals surface area contributed by atoms with E-state index >= 15 is 0 Å². The summed E-state index contributed by atoms with van der Waals surface area (Å²) < 4.78 is 17.2. The molecule has 0 aliphatic carbocycles. The topological polar surface area (TPSA) is 40.6 Å². The zero-order valence-electron chi connectivity index (χ0n) is 13.5. The fourth-order valence-corrected chi connectivity index (χ4v) is 2.13. The maximum Gasteiger partial charge on any atom is 0.138 e. The molecular weight excluding hydrogens is 302 g/mol. The van der Waals surface area contributed by atoms with E-state index in [9.17, 15) is 0 Å². The van der Waals surface area contributed by atoms with Crippen molar-refractivity contribution < 1.29 is 14.2 Å². The van der Waals surface area contributed by atoms with Gasteiger partial charge >= 0.3 is 0 Å². The highest BCUT2D eigenvalue weighted by atomic mass is 16.5. The van der Waals surface area contributed by atoms with E-state index in [1.165, 1.54) is 0 Å². The van der Waals surface area contributed by atoms with E-state index in [1.807, 2.05) is 73.7 Å². The Morgan fingerprint density at radius 2 is 1.46 bits per heavy atom. The van der Waals surface area contributed by atoms with Crippen molar-refractivity contribution in [3.63, 3.8) is 0 Å². The molecule has 4 nitrogen and oxygen atoms in total. The molecule has 0 saturated carbocycles. The van der Waals surface area contributed by atoms with Gasteiger partial charge in [0, 0.05) is 6.20 Å². The maximum absolute atomic E-state index is 5.75. The standard InChI is InChI=1S/C20H19NO3/c1-16(23-20-8-5-13-21-14-20)15-22-17-9-11-19(12-10-17)24-18-6-3-2-4-7-18/h2-14,16H,15H2,1H3. The van der Waals surface area contributed by atoms with Gasteiger partial charge in [-0.05, 0) is 55.5 Å². The van der Waals surface area contributed by atoms with E-state index in [4.69, 9.17) is 14.2 Å². The minimum Gasteiger partial charge on any atom is -0.490 e. The number of hydrogen-bond donors (Lipinski definition) is 0. The second-order valence-corrected chi connectivity index (χ2v) is 5.31. The summed E-state index contributed by atoms with van der Waals surface area (Å²) in [6.45, 7) is 2.41. The van der Waals surface area contributed by atoms with E-state index in [-0.39, 0.29) is 6.10 Å². The molecule has 1 heterocycles. The normalized spacial score (nSPS) is 11.5. The van der Waals surface area contributed by atoms with Crippen molar-refractivity contribution in [3.05, 3.63) is 79.1 Å². The van der Waals surface area contributed by atoms with Gasteiger partial charge in [0.25, 0.3) is 0 Å². The van der Waals surface area contributed by atoms with Crippen LogP contribution in [0.1, 0.15) is 6.92 Å². The molecule has 2 aromatic carbocycles. The van der Waals surface area contributed by atoms with Crippen LogP contribution in [0.5, 0.6) is 23.0 Å². The van der Waals surface area contributed by atoms with Gasteiger partial charge in [0.1, 0.15) is 35.7 Å². The van der Waals surface area contributed by atoms with Gasteiger partial charge in [0.05, 0.1) is 6.20 Å². The summed E-state index contributed by atoms with van der Waals surface area (Å²) in [6.07, 6.45) is 3.33. The third kappa shape index (κ3) is 4.74. The Bertz CT molecular complexity index is 730. The summed E-state index contributed by atoms with van der Waals surface area (Å²) in [6, 6.07) is 20.9. The number of para-hydroxylation sites is 1. The van der Waals surface area contributed by atoms with Crippen LogP contribution in [0.15, 0.2) is 79.1 Å². The summed E-state index contributed by atoms with van der Waals surface area (Å²) in [4.78, 5) is 4.02. The minimum absolute atomic E-state index is 0.0746. The second kappa shape index (κ2) is 8.02. The van der Waals surface area contributed by atoms with Crippen LogP contribution >= 0.6 is 0 Å². The molecule has 4 heteroatoms. The lowest BCUT2D eigenvalue weighted by molar-refractivity contribution is 0.142. The number of hydrogen-bond acceptors (Lipinski definition) is 4. The third-order valence-electron chi connectivity index (χ3n) is 3.26. The van der Waals surface area contributed by atoms with Crippen LogP contribution in [0.3, 0.4) is 0 Å². The van der Waals surface area contributed by atoms with E-state index in [0.717, 1.165) is 23.0 Å². The molecule has 122 valence electrons. The Labute approximate surface area is 141 Å². The first-order valence-electron chi connectivity index (χ1n) is 7.82. The zero-order valence-corrected chi connectivity index (χ0v) is 13.5. The Kier molecular flexibility index (Phi) is 5.30. The quantitative estimate of drug-likeness (QED) is 0.631. The lowest BCUT2D eigenvalue weighted by Gasteiger charge is -2.15. The maximum atomic E-state index is 5.75. The highest BCUT2D eigenvalue weighted by molar-refractivity contribution is 5.35. The van der Waals surface area contributed by atoms with Gasteiger partial charge in [-0.1, -0.05) is 18.2 Å². The molecule has 3 rings (SSSR count). The number of aromatic nitrogens is 1. The van der Waals surface area contributed by atoms with Crippen LogP contribution in [0.25, 0.3) is 0 Å². The van der Waals surface area contributed by atoms with Gasteiger partial charge < -0.3 is 14.2 Å². The average Bonchev–Trinajstić information content (AvgIpc) is 2.63. The largest absolute Gasteiger partial charge is 0.490 e. The number of rotatable bonds is 7. The molecule has 0 aliphatic rings. The molecule has 0 aliphatic heterocycles.